The van der Waals surface area contributed by atoms with E-state index in [0.29, 0.717) is 34.5 Å². The number of hydrogen-bond acceptors (Lipinski definition) is 5. The number of benzene rings is 2. The van der Waals surface area contributed by atoms with Crippen molar-refractivity contribution < 1.29 is 4.39 Å². The molecule has 144 valence electrons. The molecular weight excluding hydrogens is 377 g/mol. The largest absolute Gasteiger partial charge is 0.369 e. The monoisotopic (exact) mass is 397 g/mol. The summed E-state index contributed by atoms with van der Waals surface area (Å²) in [5.41, 5.74) is 1.58. The number of nitrogens with zero attached hydrogens (tertiary/aromatic N) is 3. The van der Waals surface area contributed by atoms with E-state index in [9.17, 15) is 9.65 Å². The molecule has 0 radical (unpaired) electrons. The first-order valence-corrected chi connectivity index (χ1v) is 9.60. The van der Waals surface area contributed by atoms with Crippen molar-refractivity contribution in [1.29, 1.82) is 5.26 Å². The predicted molar refractivity (Wildman–Crippen MR) is 112 cm³/mol. The molecule has 3 aromatic rings. The van der Waals surface area contributed by atoms with Crippen molar-refractivity contribution in [2.24, 2.45) is 5.92 Å². The summed E-state index contributed by atoms with van der Waals surface area (Å²) in [6, 6.07) is 11.9. The SMILES string of the molecule is CCC(CC)CNc1nc(Nc2ccc(F)c(Cl)c2)nc2c(C#N)cccc12. The third-order valence-electron chi connectivity index (χ3n) is 4.74. The van der Waals surface area contributed by atoms with Gasteiger partial charge in [0, 0.05) is 17.6 Å². The Bertz CT molecular complexity index is 1030. The molecule has 0 aliphatic heterocycles. The van der Waals surface area contributed by atoms with Crippen LogP contribution in [-0.2, 0) is 0 Å². The molecule has 2 aromatic carbocycles. The third-order valence-corrected chi connectivity index (χ3v) is 5.03. The molecule has 0 fully saturated rings. The minimum atomic E-state index is -0.494. The summed E-state index contributed by atoms with van der Waals surface area (Å²) in [4.78, 5) is 9.08. The average Bonchev–Trinajstić information content (AvgIpc) is 2.71. The number of hydrogen-bond donors (Lipinski definition) is 2. The lowest BCUT2D eigenvalue weighted by Gasteiger charge is -2.16. The summed E-state index contributed by atoms with van der Waals surface area (Å²) in [5, 5.41) is 16.7. The zero-order valence-corrected chi connectivity index (χ0v) is 16.5. The maximum atomic E-state index is 13.4. The van der Waals surface area contributed by atoms with Gasteiger partial charge in [-0.2, -0.15) is 10.2 Å². The molecule has 0 bridgehead atoms. The summed E-state index contributed by atoms with van der Waals surface area (Å²) in [7, 11) is 0. The van der Waals surface area contributed by atoms with Crippen LogP contribution in [0.25, 0.3) is 10.9 Å². The van der Waals surface area contributed by atoms with Crippen molar-refractivity contribution in [2.45, 2.75) is 26.7 Å². The molecule has 0 saturated carbocycles. The summed E-state index contributed by atoms with van der Waals surface area (Å²) < 4.78 is 13.4. The van der Waals surface area contributed by atoms with Gasteiger partial charge >= 0.3 is 0 Å². The van der Waals surface area contributed by atoms with Crippen LogP contribution in [0.1, 0.15) is 32.3 Å². The van der Waals surface area contributed by atoms with Crippen LogP contribution < -0.4 is 10.6 Å². The highest BCUT2D eigenvalue weighted by atomic mass is 35.5. The van der Waals surface area contributed by atoms with E-state index in [1.54, 1.807) is 12.1 Å². The number of nitriles is 1. The van der Waals surface area contributed by atoms with E-state index in [4.69, 9.17) is 11.6 Å². The molecule has 0 spiro atoms. The number of aromatic nitrogens is 2. The molecule has 1 aromatic heterocycles. The summed E-state index contributed by atoms with van der Waals surface area (Å²) in [6.45, 7) is 5.09. The molecular formula is C21H21ClFN5. The minimum Gasteiger partial charge on any atom is -0.369 e. The van der Waals surface area contributed by atoms with Crippen molar-refractivity contribution in [3.63, 3.8) is 0 Å². The predicted octanol–water partition coefficient (Wildman–Crippen LogP) is 5.89. The van der Waals surface area contributed by atoms with Crippen molar-refractivity contribution in [2.75, 3.05) is 17.2 Å². The maximum Gasteiger partial charge on any atom is 0.229 e. The van der Waals surface area contributed by atoms with Crippen LogP contribution >= 0.6 is 11.6 Å². The molecule has 2 N–H and O–H groups in total. The Labute approximate surface area is 168 Å². The van der Waals surface area contributed by atoms with E-state index < -0.39 is 5.82 Å². The van der Waals surface area contributed by atoms with Crippen LogP contribution in [0, 0.1) is 23.1 Å². The van der Waals surface area contributed by atoms with Crippen molar-refractivity contribution in [1.82, 2.24) is 9.97 Å². The Morgan fingerprint density at radius 2 is 1.96 bits per heavy atom. The Morgan fingerprint density at radius 1 is 1.18 bits per heavy atom. The Kier molecular flexibility index (Phi) is 6.27. The Balaban J connectivity index is 2.02. The van der Waals surface area contributed by atoms with E-state index >= 15 is 0 Å². The molecule has 0 aliphatic rings. The molecule has 0 unspecified atom stereocenters. The molecule has 28 heavy (non-hydrogen) atoms. The van der Waals surface area contributed by atoms with Crippen molar-refractivity contribution in [3.8, 4) is 6.07 Å². The fourth-order valence-corrected chi connectivity index (χ4v) is 3.13. The molecule has 5 nitrogen and oxygen atoms in total. The highest BCUT2D eigenvalue weighted by Crippen LogP contribution is 2.27. The van der Waals surface area contributed by atoms with Gasteiger partial charge in [-0.05, 0) is 36.2 Å². The van der Waals surface area contributed by atoms with Gasteiger partial charge in [0.25, 0.3) is 0 Å². The van der Waals surface area contributed by atoms with Crippen molar-refractivity contribution in [3.05, 3.63) is 52.8 Å². The lowest BCUT2D eigenvalue weighted by atomic mass is 10.0. The summed E-state index contributed by atoms with van der Waals surface area (Å²) in [5.74, 6) is 0.997. The number of nitrogens with one attached hydrogen (secondary N) is 2. The summed E-state index contributed by atoms with van der Waals surface area (Å²) in [6.07, 6.45) is 2.13. The van der Waals surface area contributed by atoms with Gasteiger partial charge in [-0.15, -0.1) is 0 Å². The maximum absolute atomic E-state index is 13.4. The second-order valence-corrected chi connectivity index (χ2v) is 6.93. The van der Waals surface area contributed by atoms with Crippen LogP contribution in [0.5, 0.6) is 0 Å². The van der Waals surface area contributed by atoms with Crippen LogP contribution in [-0.4, -0.2) is 16.5 Å². The van der Waals surface area contributed by atoms with E-state index in [1.165, 1.54) is 12.1 Å². The topological polar surface area (TPSA) is 73.6 Å². The molecule has 1 heterocycles. The highest BCUT2D eigenvalue weighted by Gasteiger charge is 2.13. The molecule has 0 atom stereocenters. The van der Waals surface area contributed by atoms with Gasteiger partial charge in [-0.25, -0.2) is 9.37 Å². The Morgan fingerprint density at radius 3 is 2.64 bits per heavy atom. The van der Waals surface area contributed by atoms with Crippen molar-refractivity contribution >= 4 is 40.0 Å². The van der Waals surface area contributed by atoms with Crippen LogP contribution in [0.3, 0.4) is 0 Å². The first kappa shape index (κ1) is 19.8. The minimum absolute atomic E-state index is 0.00980. The number of rotatable bonds is 7. The van der Waals surface area contributed by atoms with Crippen LogP contribution in [0.2, 0.25) is 5.02 Å². The second kappa shape index (κ2) is 8.85. The number of anilines is 3. The van der Waals surface area contributed by atoms with E-state index in [1.807, 2.05) is 12.1 Å². The molecule has 0 aliphatic carbocycles. The molecule has 0 amide bonds. The first-order chi connectivity index (χ1) is 13.5. The van der Waals surface area contributed by atoms with Gasteiger partial charge in [0.05, 0.1) is 16.1 Å². The lowest BCUT2D eigenvalue weighted by Crippen LogP contribution is -2.14. The fourth-order valence-electron chi connectivity index (χ4n) is 2.95. The normalized spacial score (nSPS) is 10.9. The molecule has 3 rings (SSSR count). The number of fused-ring (bicyclic) bond motifs is 1. The van der Waals surface area contributed by atoms with E-state index in [2.05, 4.69) is 40.5 Å². The number of para-hydroxylation sites is 1. The zero-order chi connectivity index (χ0) is 20.1. The fraction of sp³-hybridized carbons (Fsp3) is 0.286. The standard InChI is InChI=1S/C21H21ClFN5/c1-3-13(4-2)12-25-20-16-7-5-6-14(11-24)19(16)27-21(28-20)26-15-8-9-18(23)17(22)10-15/h5-10,13H,3-4,12H2,1-2H3,(H2,25,26,27,28). The van der Waals surface area contributed by atoms with Gasteiger partial charge in [0.2, 0.25) is 5.95 Å². The van der Waals surface area contributed by atoms with Gasteiger partial charge in [-0.1, -0.05) is 44.4 Å². The lowest BCUT2D eigenvalue weighted by molar-refractivity contribution is 0.518. The third kappa shape index (κ3) is 4.32. The smallest absolute Gasteiger partial charge is 0.229 e. The van der Waals surface area contributed by atoms with E-state index in [-0.39, 0.29) is 5.02 Å². The van der Waals surface area contributed by atoms with Crippen LogP contribution in [0.4, 0.5) is 21.8 Å². The zero-order valence-electron chi connectivity index (χ0n) is 15.8. The Hall–Kier alpha value is -2.91. The van der Waals surface area contributed by atoms with Gasteiger partial charge in [0.15, 0.2) is 0 Å². The number of halogens is 2. The molecule has 7 heteroatoms. The molecule has 0 saturated heterocycles. The quantitative estimate of drug-likeness (QED) is 0.520. The second-order valence-electron chi connectivity index (χ2n) is 6.53. The average molecular weight is 398 g/mol. The van der Waals surface area contributed by atoms with Gasteiger partial charge in [0.1, 0.15) is 17.7 Å². The van der Waals surface area contributed by atoms with Gasteiger partial charge in [-0.3, -0.25) is 0 Å². The summed E-state index contributed by atoms with van der Waals surface area (Å²) >= 11 is 5.86. The van der Waals surface area contributed by atoms with Crippen LogP contribution in [0.15, 0.2) is 36.4 Å². The highest BCUT2D eigenvalue weighted by molar-refractivity contribution is 6.31. The first-order valence-electron chi connectivity index (χ1n) is 9.22. The van der Waals surface area contributed by atoms with Gasteiger partial charge < -0.3 is 10.6 Å². The van der Waals surface area contributed by atoms with E-state index in [0.717, 1.165) is 24.8 Å².